The van der Waals surface area contributed by atoms with E-state index in [1.807, 2.05) is 67.6 Å². The Morgan fingerprint density at radius 3 is 2.68 bits per heavy atom. The van der Waals surface area contributed by atoms with E-state index >= 15 is 0 Å². The first-order chi connectivity index (χ1) is 15.3. The summed E-state index contributed by atoms with van der Waals surface area (Å²) in [6.07, 6.45) is 6.88. The normalized spacial score (nSPS) is 10.9. The number of nitrogens with zero attached hydrogens (tertiary/aromatic N) is 5. The fourth-order valence-electron chi connectivity index (χ4n) is 2.80. The molecule has 4 aromatic rings. The van der Waals surface area contributed by atoms with Gasteiger partial charge in [-0.3, -0.25) is 20.2 Å². The number of aromatic nitrogens is 4. The second kappa shape index (κ2) is 10.0. The number of anilines is 2. The van der Waals surface area contributed by atoms with Gasteiger partial charge in [-0.2, -0.15) is 10.1 Å². The van der Waals surface area contributed by atoms with Crippen molar-refractivity contribution in [1.29, 1.82) is 0 Å². The van der Waals surface area contributed by atoms with E-state index in [9.17, 15) is 0 Å². The summed E-state index contributed by atoms with van der Waals surface area (Å²) >= 11 is 0. The number of hydrogen-bond acceptors (Lipinski definition) is 8. The number of nitrogens with one attached hydrogen (secondary N) is 2. The van der Waals surface area contributed by atoms with Gasteiger partial charge in [0.2, 0.25) is 5.95 Å². The van der Waals surface area contributed by atoms with E-state index in [0.29, 0.717) is 17.5 Å². The molecule has 1 aromatic carbocycles. The molecule has 154 valence electrons. The van der Waals surface area contributed by atoms with E-state index < -0.39 is 0 Å². The number of benzene rings is 1. The van der Waals surface area contributed by atoms with Crippen molar-refractivity contribution < 1.29 is 4.84 Å². The molecule has 0 aliphatic heterocycles. The van der Waals surface area contributed by atoms with Gasteiger partial charge >= 0.3 is 0 Å². The third kappa shape index (κ3) is 5.91. The minimum Gasteiger partial charge on any atom is -0.267 e. The molecule has 0 amide bonds. The highest BCUT2D eigenvalue weighted by Crippen LogP contribution is 2.21. The maximum atomic E-state index is 5.52. The lowest BCUT2D eigenvalue weighted by molar-refractivity contribution is 0.174. The molecule has 4 rings (SSSR count). The number of rotatable bonds is 8. The van der Waals surface area contributed by atoms with Crippen molar-refractivity contribution in [1.82, 2.24) is 19.9 Å². The molecule has 3 heterocycles. The molecule has 0 radical (unpaired) electrons. The van der Waals surface area contributed by atoms with Crippen LogP contribution in [0.5, 0.6) is 0 Å². The van der Waals surface area contributed by atoms with Gasteiger partial charge in [0.05, 0.1) is 17.6 Å². The van der Waals surface area contributed by atoms with Gasteiger partial charge in [-0.15, -0.1) is 0 Å². The summed E-state index contributed by atoms with van der Waals surface area (Å²) < 4.78 is 0. The van der Waals surface area contributed by atoms with Crippen molar-refractivity contribution in [3.63, 3.8) is 0 Å². The monoisotopic (exact) mass is 411 g/mol. The Labute approximate surface area is 180 Å². The van der Waals surface area contributed by atoms with Crippen LogP contribution in [0.4, 0.5) is 11.8 Å². The van der Waals surface area contributed by atoms with Gasteiger partial charge in [0.25, 0.3) is 0 Å². The summed E-state index contributed by atoms with van der Waals surface area (Å²) in [6, 6.07) is 19.3. The van der Waals surface area contributed by atoms with Crippen LogP contribution < -0.4 is 10.9 Å². The van der Waals surface area contributed by atoms with Crippen LogP contribution in [0, 0.1) is 6.92 Å². The smallest absolute Gasteiger partial charge is 0.249 e. The lowest BCUT2D eigenvalue weighted by Crippen LogP contribution is -2.08. The summed E-state index contributed by atoms with van der Waals surface area (Å²) in [5.41, 5.74) is 10.3. The fraction of sp³-hybridized carbons (Fsp3) is 0.0870. The molecule has 0 aliphatic carbocycles. The zero-order valence-corrected chi connectivity index (χ0v) is 16.9. The molecule has 0 bridgehead atoms. The quantitative estimate of drug-likeness (QED) is 0.331. The Bertz CT molecular complexity index is 1150. The first-order valence-corrected chi connectivity index (χ1v) is 9.69. The maximum Gasteiger partial charge on any atom is 0.249 e. The van der Waals surface area contributed by atoms with Crippen LogP contribution >= 0.6 is 0 Å². The van der Waals surface area contributed by atoms with Gasteiger partial charge < -0.3 is 0 Å². The molecule has 0 atom stereocenters. The zero-order valence-electron chi connectivity index (χ0n) is 16.9. The second-order valence-corrected chi connectivity index (χ2v) is 6.69. The van der Waals surface area contributed by atoms with Crippen molar-refractivity contribution in [2.75, 3.05) is 10.9 Å². The minimum absolute atomic E-state index is 0.276. The second-order valence-electron chi connectivity index (χ2n) is 6.69. The van der Waals surface area contributed by atoms with Gasteiger partial charge in [-0.05, 0) is 36.8 Å². The Kier molecular flexibility index (Phi) is 6.51. The van der Waals surface area contributed by atoms with Crippen LogP contribution in [0.15, 0.2) is 84.4 Å². The van der Waals surface area contributed by atoms with E-state index in [0.717, 1.165) is 16.8 Å². The van der Waals surface area contributed by atoms with Crippen LogP contribution in [-0.4, -0.2) is 26.2 Å². The molecule has 3 aromatic heterocycles. The molecule has 8 heteroatoms. The largest absolute Gasteiger partial charge is 0.267 e. The Hall–Kier alpha value is -4.17. The van der Waals surface area contributed by atoms with E-state index in [1.165, 1.54) is 5.56 Å². The van der Waals surface area contributed by atoms with E-state index in [1.54, 1.807) is 24.8 Å². The third-order valence-corrected chi connectivity index (χ3v) is 4.25. The Morgan fingerprint density at radius 2 is 1.87 bits per heavy atom. The van der Waals surface area contributed by atoms with Gasteiger partial charge in [-0.1, -0.05) is 35.9 Å². The third-order valence-electron chi connectivity index (χ3n) is 4.25. The standard InChI is InChI=1S/C23H21N7O/c1-17-5-4-6-18(13-17)15-26-29-22-14-21(19-8-11-24-12-9-19)27-23(28-22)30-31-16-20-7-2-3-10-25-20/h2-15H,16H2,1H3,(H2,27,28,29,30)/b26-15+. The average molecular weight is 411 g/mol. The van der Waals surface area contributed by atoms with Gasteiger partial charge in [0.1, 0.15) is 6.61 Å². The molecule has 2 N–H and O–H groups in total. The molecule has 31 heavy (non-hydrogen) atoms. The summed E-state index contributed by atoms with van der Waals surface area (Å²) in [7, 11) is 0. The van der Waals surface area contributed by atoms with E-state index in [4.69, 9.17) is 4.84 Å². The SMILES string of the molecule is Cc1cccc(/C=N/Nc2cc(-c3ccncc3)nc(NOCc3ccccn3)n2)c1. The highest BCUT2D eigenvalue weighted by Gasteiger charge is 2.07. The summed E-state index contributed by atoms with van der Waals surface area (Å²) in [5.74, 6) is 0.827. The Morgan fingerprint density at radius 1 is 0.968 bits per heavy atom. The van der Waals surface area contributed by atoms with E-state index in [-0.39, 0.29) is 6.61 Å². The predicted octanol–water partition coefficient (Wildman–Crippen LogP) is 4.23. The first-order valence-electron chi connectivity index (χ1n) is 9.69. The first kappa shape index (κ1) is 20.1. The van der Waals surface area contributed by atoms with Gasteiger partial charge in [-0.25, -0.2) is 10.5 Å². The minimum atomic E-state index is 0.276. The molecule has 0 spiro atoms. The molecular formula is C23H21N7O. The topological polar surface area (TPSA) is 97.2 Å². The van der Waals surface area contributed by atoms with Crippen molar-refractivity contribution in [3.05, 3.63) is 96.1 Å². The summed E-state index contributed by atoms with van der Waals surface area (Å²) in [4.78, 5) is 22.8. The van der Waals surface area contributed by atoms with Crippen molar-refractivity contribution in [2.24, 2.45) is 5.10 Å². The van der Waals surface area contributed by atoms with Gasteiger partial charge in [0, 0.05) is 30.2 Å². The lowest BCUT2D eigenvalue weighted by atomic mass is 10.2. The molecule has 0 aliphatic rings. The molecule has 0 saturated heterocycles. The number of hydrazone groups is 1. The van der Waals surface area contributed by atoms with Crippen molar-refractivity contribution in [2.45, 2.75) is 13.5 Å². The zero-order chi connectivity index (χ0) is 21.3. The summed E-state index contributed by atoms with van der Waals surface area (Å²) in [6.45, 7) is 2.32. The predicted molar refractivity (Wildman–Crippen MR) is 120 cm³/mol. The van der Waals surface area contributed by atoms with E-state index in [2.05, 4.69) is 35.9 Å². The highest BCUT2D eigenvalue weighted by atomic mass is 16.6. The molecule has 0 fully saturated rings. The van der Waals surface area contributed by atoms with Crippen LogP contribution in [0.25, 0.3) is 11.3 Å². The van der Waals surface area contributed by atoms with Crippen molar-refractivity contribution in [3.8, 4) is 11.3 Å². The Balaban J connectivity index is 1.51. The maximum absolute atomic E-state index is 5.52. The molecular weight excluding hydrogens is 390 g/mol. The molecule has 0 unspecified atom stereocenters. The van der Waals surface area contributed by atoms with Crippen molar-refractivity contribution >= 4 is 18.0 Å². The molecule has 0 saturated carbocycles. The highest BCUT2D eigenvalue weighted by molar-refractivity contribution is 5.80. The average Bonchev–Trinajstić information content (AvgIpc) is 2.80. The van der Waals surface area contributed by atoms with Crippen LogP contribution in [-0.2, 0) is 11.4 Å². The van der Waals surface area contributed by atoms with Gasteiger partial charge in [0.15, 0.2) is 5.82 Å². The van der Waals surface area contributed by atoms with Crippen LogP contribution in [0.2, 0.25) is 0 Å². The molecule has 8 nitrogen and oxygen atoms in total. The van der Waals surface area contributed by atoms with Crippen LogP contribution in [0.3, 0.4) is 0 Å². The van der Waals surface area contributed by atoms with Crippen LogP contribution in [0.1, 0.15) is 16.8 Å². The fourth-order valence-corrected chi connectivity index (χ4v) is 2.80. The summed E-state index contributed by atoms with van der Waals surface area (Å²) in [5, 5.41) is 4.30. The number of pyridine rings is 2. The number of aryl methyl sites for hydroxylation is 1. The lowest BCUT2D eigenvalue weighted by Gasteiger charge is -2.09. The number of hydrogen-bond donors (Lipinski definition) is 2.